The first-order valence-electron chi connectivity index (χ1n) is 9.08. The number of nitrogens with one attached hydrogen (secondary N) is 1. The van der Waals surface area contributed by atoms with Crippen LogP contribution in [0.15, 0.2) is 58.3 Å². The maximum absolute atomic E-state index is 12.7. The Bertz CT molecular complexity index is 860. The number of nitrogens with zero attached hydrogens (tertiary/aromatic N) is 3. The summed E-state index contributed by atoms with van der Waals surface area (Å²) in [6.07, 6.45) is 2.31. The molecule has 142 valence electrons. The van der Waals surface area contributed by atoms with E-state index in [1.54, 1.807) is 6.26 Å². The smallest absolute Gasteiger partial charge is 0.237 e. The van der Waals surface area contributed by atoms with Gasteiger partial charge in [0.2, 0.25) is 5.91 Å². The van der Waals surface area contributed by atoms with Gasteiger partial charge >= 0.3 is 0 Å². The van der Waals surface area contributed by atoms with Crippen LogP contribution in [0, 0.1) is 5.92 Å². The van der Waals surface area contributed by atoms with Crippen LogP contribution in [0.5, 0.6) is 0 Å². The number of carbonyl (C=O) groups is 1. The Labute approximate surface area is 163 Å². The summed E-state index contributed by atoms with van der Waals surface area (Å²) < 4.78 is 7.54. The van der Waals surface area contributed by atoms with Crippen molar-refractivity contribution < 1.29 is 9.21 Å². The molecule has 2 aromatic heterocycles. The Hall–Kier alpha value is -2.54. The number of anilines is 1. The van der Waals surface area contributed by atoms with Gasteiger partial charge in [-0.15, -0.1) is 10.2 Å². The summed E-state index contributed by atoms with van der Waals surface area (Å²) >= 11 is 1.44. The number of hydrogen-bond donors (Lipinski definition) is 1. The lowest BCUT2D eigenvalue weighted by molar-refractivity contribution is -0.115. The highest BCUT2D eigenvalue weighted by Gasteiger charge is 2.24. The van der Waals surface area contributed by atoms with E-state index in [9.17, 15) is 4.79 Å². The molecule has 0 radical (unpaired) electrons. The molecule has 0 saturated carbocycles. The fourth-order valence-electron chi connectivity index (χ4n) is 2.69. The average molecular weight is 385 g/mol. The molecule has 0 unspecified atom stereocenters. The van der Waals surface area contributed by atoms with Crippen LogP contribution in [-0.4, -0.2) is 25.9 Å². The number of thioether (sulfide) groups is 1. The SMILES string of the molecule is CC[C@@H](Sc1nnc(-c2ccco2)n1CC(C)C)C(=O)Nc1ccccc1. The van der Waals surface area contributed by atoms with E-state index in [4.69, 9.17) is 4.42 Å². The van der Waals surface area contributed by atoms with Gasteiger partial charge in [0.1, 0.15) is 0 Å². The molecule has 0 saturated heterocycles. The van der Waals surface area contributed by atoms with Crippen LogP contribution in [0.4, 0.5) is 5.69 Å². The van der Waals surface area contributed by atoms with Gasteiger partial charge in [0, 0.05) is 12.2 Å². The highest BCUT2D eigenvalue weighted by atomic mass is 32.2. The first-order chi connectivity index (χ1) is 13.1. The van der Waals surface area contributed by atoms with E-state index in [0.29, 0.717) is 23.9 Å². The molecule has 1 N–H and O–H groups in total. The second kappa shape index (κ2) is 8.90. The predicted molar refractivity (Wildman–Crippen MR) is 108 cm³/mol. The van der Waals surface area contributed by atoms with Crippen molar-refractivity contribution in [2.24, 2.45) is 5.92 Å². The minimum atomic E-state index is -0.259. The first kappa shape index (κ1) is 19.2. The molecule has 6 nitrogen and oxygen atoms in total. The van der Waals surface area contributed by atoms with Crippen LogP contribution in [0.2, 0.25) is 0 Å². The molecule has 3 aromatic rings. The normalized spacial score (nSPS) is 12.3. The lowest BCUT2D eigenvalue weighted by Crippen LogP contribution is -2.25. The Balaban J connectivity index is 1.81. The first-order valence-corrected chi connectivity index (χ1v) is 9.96. The molecule has 27 heavy (non-hydrogen) atoms. The topological polar surface area (TPSA) is 73.0 Å². The number of aromatic nitrogens is 3. The fourth-order valence-corrected chi connectivity index (χ4v) is 3.65. The minimum absolute atomic E-state index is 0.0349. The lowest BCUT2D eigenvalue weighted by Gasteiger charge is -2.16. The van der Waals surface area contributed by atoms with E-state index in [1.165, 1.54) is 11.8 Å². The highest BCUT2D eigenvalue weighted by Crippen LogP contribution is 2.29. The van der Waals surface area contributed by atoms with Gasteiger partial charge in [-0.2, -0.15) is 0 Å². The number of rotatable bonds is 8. The van der Waals surface area contributed by atoms with E-state index in [-0.39, 0.29) is 11.2 Å². The molecule has 0 aliphatic carbocycles. The largest absolute Gasteiger partial charge is 0.461 e. The van der Waals surface area contributed by atoms with Crippen LogP contribution >= 0.6 is 11.8 Å². The Morgan fingerprint density at radius 1 is 1.19 bits per heavy atom. The molecule has 1 aromatic carbocycles. The fraction of sp³-hybridized carbons (Fsp3) is 0.350. The minimum Gasteiger partial charge on any atom is -0.461 e. The van der Waals surface area contributed by atoms with E-state index in [0.717, 1.165) is 17.4 Å². The number of carbonyl (C=O) groups excluding carboxylic acids is 1. The van der Waals surface area contributed by atoms with Gasteiger partial charge in [0.15, 0.2) is 16.7 Å². The molecule has 0 spiro atoms. The van der Waals surface area contributed by atoms with Crippen molar-refractivity contribution in [1.29, 1.82) is 0 Å². The molecule has 1 atom stereocenters. The molecule has 0 aliphatic heterocycles. The zero-order valence-corrected chi connectivity index (χ0v) is 16.6. The molecule has 3 rings (SSSR count). The zero-order valence-electron chi connectivity index (χ0n) is 15.8. The Kier molecular flexibility index (Phi) is 6.34. The van der Waals surface area contributed by atoms with Crippen LogP contribution < -0.4 is 5.32 Å². The standard InChI is InChI=1S/C20H24N4O2S/c1-4-17(19(25)21-15-9-6-5-7-10-15)27-20-23-22-18(16-11-8-12-26-16)24(20)13-14(2)3/h5-12,14,17H,4,13H2,1-3H3,(H,21,25)/t17-/m1/s1. The summed E-state index contributed by atoms with van der Waals surface area (Å²) in [5.74, 6) is 1.74. The second-order valence-corrected chi connectivity index (χ2v) is 7.83. The van der Waals surface area contributed by atoms with Crippen LogP contribution in [-0.2, 0) is 11.3 Å². The van der Waals surface area contributed by atoms with Gasteiger partial charge < -0.3 is 9.73 Å². The summed E-state index contributed by atoms with van der Waals surface area (Å²) in [7, 11) is 0. The summed E-state index contributed by atoms with van der Waals surface area (Å²) in [5, 5.41) is 12.1. The molecule has 0 aliphatic rings. The molecule has 1 amide bonds. The number of benzene rings is 1. The summed E-state index contributed by atoms with van der Waals surface area (Å²) in [6.45, 7) is 7.03. The van der Waals surface area contributed by atoms with Gasteiger partial charge in [-0.1, -0.05) is 50.7 Å². The van der Waals surface area contributed by atoms with E-state index < -0.39 is 0 Å². The quantitative estimate of drug-likeness (QED) is 0.570. The maximum Gasteiger partial charge on any atom is 0.237 e. The van der Waals surface area contributed by atoms with Gasteiger partial charge in [0.25, 0.3) is 0 Å². The van der Waals surface area contributed by atoms with Crippen molar-refractivity contribution in [1.82, 2.24) is 14.8 Å². The zero-order chi connectivity index (χ0) is 19.2. The third-order valence-corrected chi connectivity index (χ3v) is 5.30. The number of para-hydroxylation sites is 1. The summed E-state index contributed by atoms with van der Waals surface area (Å²) in [6, 6.07) is 13.2. The van der Waals surface area contributed by atoms with Crippen LogP contribution in [0.3, 0.4) is 0 Å². The van der Waals surface area contributed by atoms with Gasteiger partial charge in [-0.05, 0) is 36.6 Å². The molecule has 0 fully saturated rings. The average Bonchev–Trinajstić information content (AvgIpc) is 3.30. The summed E-state index contributed by atoms with van der Waals surface area (Å²) in [4.78, 5) is 12.7. The van der Waals surface area contributed by atoms with E-state index >= 15 is 0 Å². The lowest BCUT2D eigenvalue weighted by atomic mass is 10.2. The molecule has 0 bridgehead atoms. The van der Waals surface area contributed by atoms with Crippen molar-refractivity contribution in [3.8, 4) is 11.6 Å². The van der Waals surface area contributed by atoms with Crippen molar-refractivity contribution in [3.63, 3.8) is 0 Å². The molecule has 7 heteroatoms. The third-order valence-electron chi connectivity index (χ3n) is 3.96. The molecular weight excluding hydrogens is 360 g/mol. The Morgan fingerprint density at radius 2 is 1.96 bits per heavy atom. The third kappa shape index (κ3) is 4.80. The predicted octanol–water partition coefficient (Wildman–Crippen LogP) is 4.70. The van der Waals surface area contributed by atoms with Crippen LogP contribution in [0.1, 0.15) is 27.2 Å². The second-order valence-electron chi connectivity index (χ2n) is 6.66. The van der Waals surface area contributed by atoms with Crippen molar-refractivity contribution in [2.45, 2.75) is 44.1 Å². The van der Waals surface area contributed by atoms with Gasteiger partial charge in [-0.3, -0.25) is 9.36 Å². The summed E-state index contributed by atoms with van der Waals surface area (Å²) in [5.41, 5.74) is 0.793. The monoisotopic (exact) mass is 384 g/mol. The Morgan fingerprint density at radius 3 is 2.59 bits per heavy atom. The van der Waals surface area contributed by atoms with Crippen LogP contribution in [0.25, 0.3) is 11.6 Å². The van der Waals surface area contributed by atoms with Gasteiger partial charge in [-0.25, -0.2) is 0 Å². The van der Waals surface area contributed by atoms with Crippen molar-refractivity contribution in [3.05, 3.63) is 48.7 Å². The highest BCUT2D eigenvalue weighted by molar-refractivity contribution is 8.00. The number of furan rings is 1. The van der Waals surface area contributed by atoms with Gasteiger partial charge in [0.05, 0.1) is 11.5 Å². The van der Waals surface area contributed by atoms with Crippen molar-refractivity contribution >= 4 is 23.4 Å². The molecular formula is C20H24N4O2S. The number of hydrogen-bond acceptors (Lipinski definition) is 5. The van der Waals surface area contributed by atoms with E-state index in [1.807, 2.05) is 54.0 Å². The maximum atomic E-state index is 12.7. The number of amides is 1. The van der Waals surface area contributed by atoms with Crippen molar-refractivity contribution in [2.75, 3.05) is 5.32 Å². The molecule has 2 heterocycles. The van der Waals surface area contributed by atoms with E-state index in [2.05, 4.69) is 29.4 Å².